The molecular formula is C15H17F3N2O2. The van der Waals surface area contributed by atoms with Gasteiger partial charge < -0.3 is 9.64 Å². The summed E-state index contributed by atoms with van der Waals surface area (Å²) in [5.74, 6) is 0.0613. The molecule has 0 aromatic heterocycles. The second-order valence-corrected chi connectivity index (χ2v) is 4.69. The minimum Gasteiger partial charge on any atom is -0.497 e. The van der Waals surface area contributed by atoms with Gasteiger partial charge in [0.15, 0.2) is 0 Å². The molecule has 0 aliphatic rings. The fraction of sp³-hybridized carbons (Fsp3) is 0.467. The fourth-order valence-corrected chi connectivity index (χ4v) is 1.89. The van der Waals surface area contributed by atoms with Gasteiger partial charge in [-0.1, -0.05) is 12.1 Å². The quantitative estimate of drug-likeness (QED) is 0.777. The summed E-state index contributed by atoms with van der Waals surface area (Å²) in [4.78, 5) is 12.6. The Bertz CT molecular complexity index is 521. The van der Waals surface area contributed by atoms with E-state index in [4.69, 9.17) is 10.00 Å². The van der Waals surface area contributed by atoms with Crippen molar-refractivity contribution in [3.05, 3.63) is 29.8 Å². The predicted molar refractivity (Wildman–Crippen MR) is 74.2 cm³/mol. The van der Waals surface area contributed by atoms with Crippen molar-refractivity contribution in [3.63, 3.8) is 0 Å². The standard InChI is InChI=1S/C15H17F3N2O2/c1-22-13-6-3-12(4-7-13)5-8-14(21)20(10-2-9-19)11-15(16,17)18/h3-4,6-7H,2,5,8,10-11H2,1H3. The Labute approximate surface area is 127 Å². The number of halogens is 3. The van der Waals surface area contributed by atoms with Crippen LogP contribution in [0.2, 0.25) is 0 Å². The van der Waals surface area contributed by atoms with Gasteiger partial charge in [-0.3, -0.25) is 4.79 Å². The van der Waals surface area contributed by atoms with E-state index in [-0.39, 0.29) is 19.4 Å². The Morgan fingerprint density at radius 1 is 1.32 bits per heavy atom. The maximum absolute atomic E-state index is 12.4. The maximum atomic E-state index is 12.4. The molecule has 0 atom stereocenters. The van der Waals surface area contributed by atoms with Gasteiger partial charge in [0, 0.05) is 13.0 Å². The number of carbonyl (C=O) groups is 1. The zero-order chi connectivity index (χ0) is 16.6. The Morgan fingerprint density at radius 3 is 2.45 bits per heavy atom. The predicted octanol–water partition coefficient (Wildman–Crippen LogP) is 2.93. The van der Waals surface area contributed by atoms with E-state index in [1.54, 1.807) is 30.3 Å². The van der Waals surface area contributed by atoms with E-state index in [0.29, 0.717) is 17.1 Å². The van der Waals surface area contributed by atoms with Crippen LogP contribution in [0.25, 0.3) is 0 Å². The van der Waals surface area contributed by atoms with Gasteiger partial charge in [0.25, 0.3) is 0 Å². The Balaban J connectivity index is 2.59. The largest absolute Gasteiger partial charge is 0.497 e. The summed E-state index contributed by atoms with van der Waals surface area (Å²) in [6, 6.07) is 8.72. The topological polar surface area (TPSA) is 53.3 Å². The number of hydrogen-bond acceptors (Lipinski definition) is 3. The average molecular weight is 314 g/mol. The molecule has 0 aliphatic carbocycles. The van der Waals surface area contributed by atoms with Crippen LogP contribution in [0.1, 0.15) is 18.4 Å². The van der Waals surface area contributed by atoms with Crippen molar-refractivity contribution in [1.29, 1.82) is 5.26 Å². The molecule has 0 spiro atoms. The number of nitriles is 1. The molecule has 1 amide bonds. The summed E-state index contributed by atoms with van der Waals surface area (Å²) >= 11 is 0. The van der Waals surface area contributed by atoms with Crippen LogP contribution < -0.4 is 4.74 Å². The van der Waals surface area contributed by atoms with E-state index in [0.717, 1.165) is 5.56 Å². The van der Waals surface area contributed by atoms with Gasteiger partial charge in [-0.2, -0.15) is 18.4 Å². The first-order valence-corrected chi connectivity index (χ1v) is 6.70. The molecule has 7 heteroatoms. The highest BCUT2D eigenvalue weighted by Crippen LogP contribution is 2.18. The van der Waals surface area contributed by atoms with E-state index in [9.17, 15) is 18.0 Å². The van der Waals surface area contributed by atoms with Crippen molar-refractivity contribution < 1.29 is 22.7 Å². The van der Waals surface area contributed by atoms with Gasteiger partial charge in [-0.05, 0) is 24.1 Å². The summed E-state index contributed by atoms with van der Waals surface area (Å²) in [6.45, 7) is -1.53. The number of nitrogens with zero attached hydrogens (tertiary/aromatic N) is 2. The second kappa shape index (κ2) is 8.27. The molecule has 1 rings (SSSR count). The molecule has 120 valence electrons. The van der Waals surface area contributed by atoms with Gasteiger partial charge >= 0.3 is 6.18 Å². The van der Waals surface area contributed by atoms with E-state index in [2.05, 4.69) is 0 Å². The summed E-state index contributed by atoms with van der Waals surface area (Å²) in [6.07, 6.45) is -4.28. The normalized spacial score (nSPS) is 10.9. The lowest BCUT2D eigenvalue weighted by Gasteiger charge is -2.23. The molecule has 0 heterocycles. The van der Waals surface area contributed by atoms with E-state index in [1.807, 2.05) is 0 Å². The first-order valence-electron chi connectivity index (χ1n) is 6.70. The number of aryl methyl sites for hydroxylation is 1. The number of rotatable bonds is 7. The molecule has 0 fully saturated rings. The second-order valence-electron chi connectivity index (χ2n) is 4.69. The molecular weight excluding hydrogens is 297 g/mol. The molecule has 0 N–H and O–H groups in total. The van der Waals surface area contributed by atoms with Crippen molar-refractivity contribution in [1.82, 2.24) is 4.90 Å². The van der Waals surface area contributed by atoms with Crippen molar-refractivity contribution in [2.45, 2.75) is 25.4 Å². The lowest BCUT2D eigenvalue weighted by molar-refractivity contribution is -0.161. The molecule has 4 nitrogen and oxygen atoms in total. The van der Waals surface area contributed by atoms with Gasteiger partial charge in [-0.15, -0.1) is 0 Å². The third-order valence-electron chi connectivity index (χ3n) is 3.00. The molecule has 1 aromatic carbocycles. The van der Waals surface area contributed by atoms with E-state index < -0.39 is 18.6 Å². The van der Waals surface area contributed by atoms with Crippen LogP contribution in [0, 0.1) is 11.3 Å². The van der Waals surface area contributed by atoms with Crippen LogP contribution in [-0.4, -0.2) is 37.2 Å². The monoisotopic (exact) mass is 314 g/mol. The number of alkyl halides is 3. The summed E-state index contributed by atoms with van der Waals surface area (Å²) in [7, 11) is 1.53. The molecule has 1 aromatic rings. The Kier molecular flexibility index (Phi) is 6.70. The van der Waals surface area contributed by atoms with Crippen molar-refractivity contribution >= 4 is 5.91 Å². The lowest BCUT2D eigenvalue weighted by Crippen LogP contribution is -2.39. The van der Waals surface area contributed by atoms with Crippen LogP contribution in [0.3, 0.4) is 0 Å². The molecule has 22 heavy (non-hydrogen) atoms. The highest BCUT2D eigenvalue weighted by Gasteiger charge is 2.32. The third-order valence-corrected chi connectivity index (χ3v) is 3.00. The number of carbonyl (C=O) groups excluding carboxylic acids is 1. The number of methoxy groups -OCH3 is 1. The van der Waals surface area contributed by atoms with Gasteiger partial charge in [0.05, 0.1) is 19.6 Å². The Morgan fingerprint density at radius 2 is 1.95 bits per heavy atom. The van der Waals surface area contributed by atoms with Crippen LogP contribution in [0.4, 0.5) is 13.2 Å². The van der Waals surface area contributed by atoms with Gasteiger partial charge in [-0.25, -0.2) is 0 Å². The smallest absolute Gasteiger partial charge is 0.406 e. The number of ether oxygens (including phenoxy) is 1. The average Bonchev–Trinajstić information content (AvgIpc) is 2.48. The molecule has 0 unspecified atom stereocenters. The Hall–Kier alpha value is -2.23. The molecule has 0 aliphatic heterocycles. The van der Waals surface area contributed by atoms with Crippen LogP contribution in [0.5, 0.6) is 5.75 Å². The van der Waals surface area contributed by atoms with E-state index >= 15 is 0 Å². The zero-order valence-electron chi connectivity index (χ0n) is 12.2. The fourth-order valence-electron chi connectivity index (χ4n) is 1.89. The highest BCUT2D eigenvalue weighted by molar-refractivity contribution is 5.76. The SMILES string of the molecule is COc1ccc(CCC(=O)N(CCC#N)CC(F)(F)F)cc1. The molecule has 0 saturated carbocycles. The van der Waals surface area contributed by atoms with Crippen molar-refractivity contribution in [2.24, 2.45) is 0 Å². The maximum Gasteiger partial charge on any atom is 0.406 e. The summed E-state index contributed by atoms with van der Waals surface area (Å²) in [5, 5.41) is 8.47. The minimum atomic E-state index is -4.47. The molecule has 0 saturated heterocycles. The highest BCUT2D eigenvalue weighted by atomic mass is 19.4. The van der Waals surface area contributed by atoms with Gasteiger partial charge in [0.1, 0.15) is 12.3 Å². The number of benzene rings is 1. The molecule has 0 bridgehead atoms. The molecule has 0 radical (unpaired) electrons. The van der Waals surface area contributed by atoms with E-state index in [1.165, 1.54) is 7.11 Å². The van der Waals surface area contributed by atoms with Crippen molar-refractivity contribution in [2.75, 3.05) is 20.2 Å². The van der Waals surface area contributed by atoms with Crippen LogP contribution >= 0.6 is 0 Å². The first-order chi connectivity index (χ1) is 10.4. The number of hydrogen-bond donors (Lipinski definition) is 0. The van der Waals surface area contributed by atoms with Crippen LogP contribution in [0.15, 0.2) is 24.3 Å². The van der Waals surface area contributed by atoms with Gasteiger partial charge in [0.2, 0.25) is 5.91 Å². The lowest BCUT2D eigenvalue weighted by atomic mass is 10.1. The first kappa shape index (κ1) is 17.8. The summed E-state index contributed by atoms with van der Waals surface area (Å²) < 4.78 is 42.3. The number of amides is 1. The minimum absolute atomic E-state index is 0.0339. The third kappa shape index (κ3) is 6.48. The zero-order valence-corrected chi connectivity index (χ0v) is 12.2. The van der Waals surface area contributed by atoms with Crippen molar-refractivity contribution in [3.8, 4) is 11.8 Å². The van der Waals surface area contributed by atoms with Crippen LogP contribution in [-0.2, 0) is 11.2 Å². The summed E-state index contributed by atoms with van der Waals surface area (Å²) in [5.41, 5.74) is 0.835.